The van der Waals surface area contributed by atoms with Crippen molar-refractivity contribution in [1.29, 1.82) is 0 Å². The highest BCUT2D eigenvalue weighted by Gasteiger charge is 2.11. The van der Waals surface area contributed by atoms with Crippen LogP contribution in [0.25, 0.3) is 22.3 Å². The van der Waals surface area contributed by atoms with Crippen molar-refractivity contribution in [2.75, 3.05) is 18.1 Å². The van der Waals surface area contributed by atoms with Gasteiger partial charge in [0.2, 0.25) is 5.95 Å². The average Bonchev–Trinajstić information content (AvgIpc) is 2.69. The summed E-state index contributed by atoms with van der Waals surface area (Å²) in [4.78, 5) is 20.3. The number of carbonyl (C=O) groups is 1. The van der Waals surface area contributed by atoms with Crippen molar-refractivity contribution >= 4 is 23.7 Å². The van der Waals surface area contributed by atoms with E-state index in [9.17, 15) is 9.18 Å². The molecule has 1 heterocycles. The largest absolute Gasteiger partial charge is 0.466 e. The molecule has 2 N–H and O–H groups in total. The first-order chi connectivity index (χ1) is 13.6. The first-order valence-electron chi connectivity index (χ1n) is 8.83. The lowest BCUT2D eigenvalue weighted by molar-refractivity contribution is -0.142. The van der Waals surface area contributed by atoms with Crippen LogP contribution in [0.2, 0.25) is 0 Å². The van der Waals surface area contributed by atoms with E-state index in [2.05, 4.69) is 9.97 Å². The average molecular weight is 397 g/mol. The van der Waals surface area contributed by atoms with Crippen LogP contribution in [-0.4, -0.2) is 28.3 Å². The molecule has 0 aliphatic carbocycles. The number of halogens is 1. The first kappa shape index (κ1) is 19.8. The molecule has 0 radical (unpaired) electrons. The van der Waals surface area contributed by atoms with Crippen LogP contribution in [0, 0.1) is 5.82 Å². The van der Waals surface area contributed by atoms with Gasteiger partial charge in [0.15, 0.2) is 0 Å². The van der Waals surface area contributed by atoms with Gasteiger partial charge in [-0.05, 0) is 30.2 Å². The van der Waals surface area contributed by atoms with Gasteiger partial charge >= 0.3 is 5.97 Å². The lowest BCUT2D eigenvalue weighted by Crippen LogP contribution is -2.04. The molecule has 3 rings (SSSR count). The lowest BCUT2D eigenvalue weighted by Gasteiger charge is -2.11. The fourth-order valence-corrected chi connectivity index (χ4v) is 3.71. The molecule has 7 heteroatoms. The van der Waals surface area contributed by atoms with Gasteiger partial charge in [0.25, 0.3) is 0 Å². The summed E-state index contributed by atoms with van der Waals surface area (Å²) >= 11 is 1.55. The minimum atomic E-state index is -0.364. The second kappa shape index (κ2) is 9.32. The molecule has 2 aromatic carbocycles. The van der Waals surface area contributed by atoms with Crippen LogP contribution in [0.4, 0.5) is 10.3 Å². The Morgan fingerprint density at radius 3 is 2.57 bits per heavy atom. The molecular weight excluding hydrogens is 377 g/mol. The van der Waals surface area contributed by atoms with E-state index >= 15 is 0 Å². The van der Waals surface area contributed by atoms with Crippen molar-refractivity contribution < 1.29 is 13.9 Å². The zero-order chi connectivity index (χ0) is 19.9. The van der Waals surface area contributed by atoms with Gasteiger partial charge in [0.05, 0.1) is 13.0 Å². The maximum atomic E-state index is 14.7. The maximum absolute atomic E-state index is 14.7. The molecule has 0 saturated heterocycles. The molecule has 28 heavy (non-hydrogen) atoms. The highest BCUT2D eigenvalue weighted by atomic mass is 32.2. The summed E-state index contributed by atoms with van der Waals surface area (Å²) in [6.07, 6.45) is 3.33. The number of anilines is 1. The third-order valence-corrected chi connectivity index (χ3v) is 5.09. The van der Waals surface area contributed by atoms with Gasteiger partial charge in [0.1, 0.15) is 5.82 Å². The van der Waals surface area contributed by atoms with E-state index < -0.39 is 0 Å². The summed E-state index contributed by atoms with van der Waals surface area (Å²) < 4.78 is 19.7. The van der Waals surface area contributed by atoms with Gasteiger partial charge in [-0.25, -0.2) is 14.4 Å². The van der Waals surface area contributed by atoms with E-state index in [1.807, 2.05) is 30.3 Å². The highest BCUT2D eigenvalue weighted by molar-refractivity contribution is 7.99. The number of thioether (sulfide) groups is 1. The smallest absolute Gasteiger partial charge is 0.306 e. The number of nitrogens with zero attached hydrogens (tertiary/aromatic N) is 2. The van der Waals surface area contributed by atoms with E-state index in [4.69, 9.17) is 10.5 Å². The van der Waals surface area contributed by atoms with E-state index in [-0.39, 0.29) is 17.7 Å². The summed E-state index contributed by atoms with van der Waals surface area (Å²) in [5, 5.41) is 0. The molecule has 0 aliphatic heterocycles. The SMILES string of the molecule is CCOC(=O)CCSc1ccccc1-c1ccc(-c2cnc(N)nc2)c(F)c1. The van der Waals surface area contributed by atoms with Crippen molar-refractivity contribution in [3.63, 3.8) is 0 Å². The van der Waals surface area contributed by atoms with Gasteiger partial charge in [0, 0.05) is 34.2 Å². The van der Waals surface area contributed by atoms with Crippen LogP contribution in [0.15, 0.2) is 59.8 Å². The number of carbonyl (C=O) groups excluding carboxylic acids is 1. The molecule has 0 spiro atoms. The normalized spacial score (nSPS) is 10.6. The Kier molecular flexibility index (Phi) is 6.60. The molecular formula is C21H20FN3O2S. The number of rotatable bonds is 7. The van der Waals surface area contributed by atoms with Crippen molar-refractivity contribution in [1.82, 2.24) is 9.97 Å². The number of esters is 1. The second-order valence-electron chi connectivity index (χ2n) is 5.92. The summed E-state index contributed by atoms with van der Waals surface area (Å²) in [5.74, 6) is 0.166. The Hall–Kier alpha value is -2.93. The third kappa shape index (κ3) is 4.86. The number of nitrogens with two attached hydrogens (primary N) is 1. The Morgan fingerprint density at radius 1 is 1.11 bits per heavy atom. The molecule has 0 fully saturated rings. The number of nitrogen functional groups attached to an aromatic ring is 1. The van der Waals surface area contributed by atoms with Gasteiger partial charge in [-0.15, -0.1) is 11.8 Å². The van der Waals surface area contributed by atoms with E-state index in [1.165, 1.54) is 18.5 Å². The van der Waals surface area contributed by atoms with Crippen LogP contribution in [0.1, 0.15) is 13.3 Å². The molecule has 0 atom stereocenters. The third-order valence-electron chi connectivity index (χ3n) is 4.02. The predicted molar refractivity (Wildman–Crippen MR) is 109 cm³/mol. The molecule has 5 nitrogen and oxygen atoms in total. The summed E-state index contributed by atoms with van der Waals surface area (Å²) in [7, 11) is 0. The Morgan fingerprint density at radius 2 is 1.86 bits per heavy atom. The number of ether oxygens (including phenoxy) is 1. The van der Waals surface area contributed by atoms with Crippen molar-refractivity contribution in [2.45, 2.75) is 18.2 Å². The maximum Gasteiger partial charge on any atom is 0.306 e. The van der Waals surface area contributed by atoms with E-state index in [0.717, 1.165) is 16.0 Å². The molecule has 144 valence electrons. The van der Waals surface area contributed by atoms with Gasteiger partial charge in [-0.3, -0.25) is 4.79 Å². The quantitative estimate of drug-likeness (QED) is 0.464. The van der Waals surface area contributed by atoms with Gasteiger partial charge < -0.3 is 10.5 Å². The zero-order valence-corrected chi connectivity index (χ0v) is 16.2. The van der Waals surface area contributed by atoms with Crippen molar-refractivity contribution in [2.24, 2.45) is 0 Å². The molecule has 0 bridgehead atoms. The number of benzene rings is 2. The van der Waals surface area contributed by atoms with Crippen molar-refractivity contribution in [3.05, 3.63) is 60.7 Å². The highest BCUT2D eigenvalue weighted by Crippen LogP contribution is 2.34. The van der Waals surface area contributed by atoms with Gasteiger partial charge in [-0.1, -0.05) is 30.3 Å². The van der Waals surface area contributed by atoms with Gasteiger partial charge in [-0.2, -0.15) is 0 Å². The molecule has 0 amide bonds. The molecule has 3 aromatic rings. The number of hydrogen-bond donors (Lipinski definition) is 1. The number of hydrogen-bond acceptors (Lipinski definition) is 6. The Balaban J connectivity index is 1.81. The monoisotopic (exact) mass is 397 g/mol. The minimum absolute atomic E-state index is 0.148. The standard InChI is InChI=1S/C21H20FN3O2S/c1-2-27-20(26)9-10-28-19-6-4-3-5-17(19)14-7-8-16(18(22)11-14)15-12-24-21(23)25-13-15/h3-8,11-13H,2,9-10H2,1H3,(H2,23,24,25). The summed E-state index contributed by atoms with van der Waals surface area (Å²) in [6.45, 7) is 2.17. The molecule has 0 aliphatic rings. The van der Waals surface area contributed by atoms with Crippen molar-refractivity contribution in [3.8, 4) is 22.3 Å². The number of aromatic nitrogens is 2. The second-order valence-corrected chi connectivity index (χ2v) is 7.06. The summed E-state index contributed by atoms with van der Waals surface area (Å²) in [6, 6.07) is 12.8. The minimum Gasteiger partial charge on any atom is -0.466 e. The predicted octanol–water partition coefficient (Wildman–Crippen LogP) is 4.58. The van der Waals surface area contributed by atoms with Crippen LogP contribution in [-0.2, 0) is 9.53 Å². The molecule has 0 saturated carbocycles. The van der Waals surface area contributed by atoms with Crippen LogP contribution < -0.4 is 5.73 Å². The fourth-order valence-electron chi connectivity index (χ4n) is 2.70. The van der Waals surface area contributed by atoms with E-state index in [0.29, 0.717) is 29.9 Å². The molecule has 1 aromatic heterocycles. The van der Waals surface area contributed by atoms with E-state index in [1.54, 1.807) is 24.8 Å². The Labute approximate surface area is 167 Å². The topological polar surface area (TPSA) is 78.1 Å². The zero-order valence-electron chi connectivity index (χ0n) is 15.4. The fraction of sp³-hybridized carbons (Fsp3) is 0.190. The van der Waals surface area contributed by atoms with Crippen LogP contribution in [0.3, 0.4) is 0 Å². The van der Waals surface area contributed by atoms with Crippen LogP contribution >= 0.6 is 11.8 Å². The van der Waals surface area contributed by atoms with Crippen LogP contribution in [0.5, 0.6) is 0 Å². The lowest BCUT2D eigenvalue weighted by atomic mass is 10.0. The molecule has 0 unspecified atom stereocenters. The summed E-state index contributed by atoms with van der Waals surface area (Å²) in [5.41, 5.74) is 8.14. The first-order valence-corrected chi connectivity index (χ1v) is 9.82. The Bertz CT molecular complexity index is 964.